The van der Waals surface area contributed by atoms with E-state index >= 15 is 0 Å². The molecule has 1 N–H and O–H groups in total. The third-order valence-corrected chi connectivity index (χ3v) is 27.6. The van der Waals surface area contributed by atoms with Gasteiger partial charge in [0.2, 0.25) is 0 Å². The lowest BCUT2D eigenvalue weighted by atomic mass is 9.86. The van der Waals surface area contributed by atoms with Gasteiger partial charge in [0, 0.05) is 17.7 Å². The number of benzene rings is 2. The molecule has 1 aliphatic rings. The van der Waals surface area contributed by atoms with Crippen LogP contribution in [0, 0.1) is 4.64 Å². The summed E-state index contributed by atoms with van der Waals surface area (Å²) in [4.78, 5) is 17.2. The Morgan fingerprint density at radius 2 is 1.16 bits per heavy atom. The lowest BCUT2D eigenvalue weighted by Crippen LogP contribution is -2.54. The maximum atomic E-state index is 14.3. The van der Waals surface area contributed by atoms with E-state index in [1.54, 1.807) is 35.0 Å². The Bertz CT molecular complexity index is 1930. The van der Waals surface area contributed by atoms with E-state index in [9.17, 15) is 4.79 Å². The molecule has 1 aliphatic heterocycles. The zero-order valence-corrected chi connectivity index (χ0v) is 41.9. The summed E-state index contributed by atoms with van der Waals surface area (Å²) in [5.74, 6) is -0.515. The van der Waals surface area contributed by atoms with Gasteiger partial charge in [0.1, 0.15) is 23.0 Å². The SMILES string of the molecule is CC(C)(C)[Si](C)(C)OC[C@H]1O[C@@H](n2cc(C(c3ccc(Cl)c(Cl)c3)c3ccc(Cl)c(Cl)c3)c(=S)[nH]c2=O)[C@H](O[Si](C)(C)C(C)(C)C)[C@@H]1O[Si](C)(C)C(C)(C)C. The fraction of sp³-hybridized carbons (Fsp3) is 0.600. The van der Waals surface area contributed by atoms with Crippen LogP contribution in [-0.4, -0.2) is 59.4 Å². The maximum absolute atomic E-state index is 14.3. The van der Waals surface area contributed by atoms with Crippen LogP contribution in [0.25, 0.3) is 0 Å². The number of hydrogen-bond acceptors (Lipinski definition) is 6. The molecule has 0 bridgehead atoms. The Balaban J connectivity index is 1.99. The van der Waals surface area contributed by atoms with Crippen LogP contribution in [0.4, 0.5) is 0 Å². The largest absolute Gasteiger partial charge is 0.414 e. The first-order valence-electron chi connectivity index (χ1n) is 18.8. The van der Waals surface area contributed by atoms with E-state index in [0.29, 0.717) is 32.3 Å². The lowest BCUT2D eigenvalue weighted by molar-refractivity contribution is -0.0511. The first-order valence-corrected chi connectivity index (χ1v) is 29.4. The number of H-pyrrole nitrogens is 1. The average molecular weight is 907 g/mol. The number of halogens is 4. The first-order chi connectivity index (χ1) is 24.9. The van der Waals surface area contributed by atoms with Crippen LogP contribution in [0.5, 0.6) is 0 Å². The van der Waals surface area contributed by atoms with Crippen molar-refractivity contribution in [1.29, 1.82) is 0 Å². The van der Waals surface area contributed by atoms with Gasteiger partial charge in [0.05, 0.1) is 26.7 Å². The van der Waals surface area contributed by atoms with Crippen molar-refractivity contribution in [3.8, 4) is 0 Å². The van der Waals surface area contributed by atoms with E-state index in [0.717, 1.165) is 11.1 Å². The van der Waals surface area contributed by atoms with E-state index in [1.165, 1.54) is 0 Å². The van der Waals surface area contributed by atoms with E-state index in [1.807, 2.05) is 12.1 Å². The van der Waals surface area contributed by atoms with Crippen LogP contribution in [-0.2, 0) is 18.0 Å². The molecule has 0 radical (unpaired) electrons. The number of aromatic nitrogens is 2. The summed E-state index contributed by atoms with van der Waals surface area (Å²) in [7, 11) is -7.14. The van der Waals surface area contributed by atoms with E-state index in [2.05, 4.69) is 107 Å². The van der Waals surface area contributed by atoms with E-state index in [4.69, 9.17) is 76.6 Å². The second kappa shape index (κ2) is 16.7. The number of nitrogens with one attached hydrogen (secondary N) is 1. The summed E-state index contributed by atoms with van der Waals surface area (Å²) in [5, 5.41) is 1.31. The standard InChI is InChI=1S/C40H60Cl4N2O5SSi3/c1-38(2,3)53(10,11)48-23-31-33(50-54(12,13)39(4,5)6)34(51-55(14,15)40(7,8)9)36(49-31)46-22-26(35(52)45-37(46)47)32(24-16-18-27(41)29(43)20-24)25-17-19-28(42)30(44)21-25/h16-22,31-34,36H,23H2,1-15H3,(H,45,47,52)/t31-,33-,34-,36-/m1/s1. The second-order valence-electron chi connectivity index (χ2n) is 19.4. The smallest absolute Gasteiger partial charge is 0.328 e. The van der Waals surface area contributed by atoms with Crippen LogP contribution in [0.1, 0.15) is 91.1 Å². The minimum absolute atomic E-state index is 0.0257. The molecule has 7 nitrogen and oxygen atoms in total. The van der Waals surface area contributed by atoms with Gasteiger partial charge in [-0.1, -0.05) is 133 Å². The van der Waals surface area contributed by atoms with Gasteiger partial charge in [-0.3, -0.25) is 9.55 Å². The minimum atomic E-state index is -2.50. The Morgan fingerprint density at radius 1 is 0.727 bits per heavy atom. The molecule has 0 unspecified atom stereocenters. The fourth-order valence-corrected chi connectivity index (χ4v) is 10.2. The van der Waals surface area contributed by atoms with Crippen molar-refractivity contribution in [3.05, 3.63) is 94.5 Å². The van der Waals surface area contributed by atoms with Gasteiger partial charge in [-0.05, 0) is 89.8 Å². The van der Waals surface area contributed by atoms with Crippen LogP contribution < -0.4 is 5.69 Å². The molecule has 1 aromatic heterocycles. The monoisotopic (exact) mass is 904 g/mol. The molecule has 4 atom stereocenters. The lowest BCUT2D eigenvalue weighted by Gasteiger charge is -2.44. The van der Waals surface area contributed by atoms with Crippen LogP contribution in [0.2, 0.25) is 74.5 Å². The molecule has 4 rings (SSSR count). The van der Waals surface area contributed by atoms with E-state index < -0.39 is 61.1 Å². The van der Waals surface area contributed by atoms with Crippen LogP contribution >= 0.6 is 58.6 Å². The van der Waals surface area contributed by atoms with Crippen molar-refractivity contribution in [3.63, 3.8) is 0 Å². The molecule has 0 aliphatic carbocycles. The Kier molecular flexibility index (Phi) is 14.2. The van der Waals surface area contributed by atoms with Crippen LogP contribution in [0.15, 0.2) is 47.4 Å². The Labute approximate surface area is 357 Å². The molecule has 0 amide bonds. The summed E-state index contributed by atoms with van der Waals surface area (Å²) >= 11 is 31.9. The molecule has 0 saturated carbocycles. The Morgan fingerprint density at radius 3 is 1.58 bits per heavy atom. The highest BCUT2D eigenvalue weighted by Crippen LogP contribution is 2.47. The number of hydrogen-bond donors (Lipinski definition) is 1. The molecule has 0 spiro atoms. The number of nitrogens with zero attached hydrogens (tertiary/aromatic N) is 1. The van der Waals surface area contributed by atoms with Crippen molar-refractivity contribution in [1.82, 2.24) is 9.55 Å². The van der Waals surface area contributed by atoms with Crippen molar-refractivity contribution in [2.45, 2.75) is 147 Å². The molecule has 15 heteroatoms. The zero-order valence-electron chi connectivity index (χ0n) is 35.0. The molecule has 3 aromatic rings. The summed E-state index contributed by atoms with van der Waals surface area (Å²) in [6.07, 6.45) is -0.791. The second-order valence-corrected chi connectivity index (χ2v) is 35.7. The number of aromatic amines is 1. The fourth-order valence-electron chi connectivity index (χ4n) is 5.71. The Hall–Kier alpha value is -0.809. The highest BCUT2D eigenvalue weighted by molar-refractivity contribution is 7.71. The predicted molar refractivity (Wildman–Crippen MR) is 241 cm³/mol. The summed E-state index contributed by atoms with van der Waals surface area (Å²) in [6, 6.07) is 10.9. The number of rotatable bonds is 11. The third kappa shape index (κ3) is 10.3. The predicted octanol–water partition coefficient (Wildman–Crippen LogP) is 13.4. The zero-order chi connectivity index (χ0) is 41.9. The van der Waals surface area contributed by atoms with E-state index in [-0.39, 0.29) is 19.8 Å². The topological polar surface area (TPSA) is 74.7 Å². The normalized spacial score (nSPS) is 20.4. The molecule has 1 fully saturated rings. The van der Waals surface area contributed by atoms with Crippen molar-refractivity contribution < 1.29 is 18.0 Å². The summed E-state index contributed by atoms with van der Waals surface area (Å²) in [5.41, 5.74) is 1.78. The highest BCUT2D eigenvalue weighted by Gasteiger charge is 2.55. The quantitative estimate of drug-likeness (QED) is 0.153. The molecule has 2 aromatic carbocycles. The summed E-state index contributed by atoms with van der Waals surface area (Å²) in [6.45, 7) is 33.6. The average Bonchev–Trinajstić information content (AvgIpc) is 3.34. The van der Waals surface area contributed by atoms with Crippen LogP contribution in [0.3, 0.4) is 0 Å². The van der Waals surface area contributed by atoms with Gasteiger partial charge in [-0.2, -0.15) is 0 Å². The van der Waals surface area contributed by atoms with Crippen molar-refractivity contribution in [2.24, 2.45) is 0 Å². The van der Waals surface area contributed by atoms with Gasteiger partial charge in [0.25, 0.3) is 0 Å². The van der Waals surface area contributed by atoms with Gasteiger partial charge in [0.15, 0.2) is 31.2 Å². The van der Waals surface area contributed by atoms with Gasteiger partial charge < -0.3 is 18.0 Å². The molecular formula is C40H60Cl4N2O5SSi3. The molecule has 55 heavy (non-hydrogen) atoms. The molecule has 306 valence electrons. The molecule has 2 heterocycles. The van der Waals surface area contributed by atoms with Crippen molar-refractivity contribution >= 4 is 83.6 Å². The van der Waals surface area contributed by atoms with Gasteiger partial charge >= 0.3 is 5.69 Å². The highest BCUT2D eigenvalue weighted by atomic mass is 35.5. The molecular weight excluding hydrogens is 847 g/mol. The van der Waals surface area contributed by atoms with Crippen molar-refractivity contribution in [2.75, 3.05) is 6.61 Å². The first kappa shape index (κ1) is 46.9. The maximum Gasteiger partial charge on any atom is 0.328 e. The minimum Gasteiger partial charge on any atom is -0.414 e. The third-order valence-electron chi connectivity index (χ3n) is 12.3. The molecule has 1 saturated heterocycles. The summed E-state index contributed by atoms with van der Waals surface area (Å²) < 4.78 is 30.4. The number of ether oxygens (including phenoxy) is 1. The van der Waals surface area contributed by atoms with Gasteiger partial charge in [-0.25, -0.2) is 4.79 Å². The van der Waals surface area contributed by atoms with Gasteiger partial charge in [-0.15, -0.1) is 0 Å².